The van der Waals surface area contributed by atoms with Gasteiger partial charge in [0.05, 0.1) is 34.7 Å². The van der Waals surface area contributed by atoms with Gasteiger partial charge in [-0.3, -0.25) is 38.9 Å². The second-order valence-electron chi connectivity index (χ2n) is 17.8. The fraction of sp³-hybridized carbons (Fsp3) is 0.408. The molecule has 20 heteroatoms. The molecular weight excluding hydrogens is 965 g/mol. The number of unbranched alkanes of at least 4 members (excludes halogenated alkanes) is 1. The minimum absolute atomic E-state index is 0.182. The van der Waals surface area contributed by atoms with Gasteiger partial charge in [0.15, 0.2) is 0 Å². The van der Waals surface area contributed by atoms with Gasteiger partial charge in [-0.1, -0.05) is 17.9 Å². The van der Waals surface area contributed by atoms with Crippen LogP contribution in [0.3, 0.4) is 0 Å². The summed E-state index contributed by atoms with van der Waals surface area (Å²) < 4.78 is 33.1. The predicted molar refractivity (Wildman–Crippen MR) is 269 cm³/mol. The minimum Gasteiger partial charge on any atom is -0.494 e. The molecule has 18 nitrogen and oxygen atoms in total. The van der Waals surface area contributed by atoms with Crippen molar-refractivity contribution in [3.05, 3.63) is 87.8 Å². The Morgan fingerprint density at radius 2 is 1.74 bits per heavy atom. The van der Waals surface area contributed by atoms with E-state index < -0.39 is 22.0 Å². The molecule has 360 valence electrons. The van der Waals surface area contributed by atoms with Crippen molar-refractivity contribution in [1.82, 2.24) is 40.0 Å². The van der Waals surface area contributed by atoms with Crippen molar-refractivity contribution in [1.29, 1.82) is 0 Å². The van der Waals surface area contributed by atoms with Crippen LogP contribution < -0.4 is 29.9 Å². The van der Waals surface area contributed by atoms with Gasteiger partial charge in [-0.05, 0) is 96.5 Å². The zero-order valence-electron chi connectivity index (χ0n) is 39.1. The third kappa shape index (κ3) is 10.3. The summed E-state index contributed by atoms with van der Waals surface area (Å²) in [6, 6.07) is 13.1. The predicted octanol–water partition coefficient (Wildman–Crippen LogP) is 5.56. The summed E-state index contributed by atoms with van der Waals surface area (Å²) in [7, 11) is -0.516. The van der Waals surface area contributed by atoms with E-state index in [1.807, 2.05) is 12.1 Å². The summed E-state index contributed by atoms with van der Waals surface area (Å²) in [5, 5.41) is 8.99. The van der Waals surface area contributed by atoms with E-state index in [0.29, 0.717) is 74.7 Å². The fourth-order valence-electron chi connectivity index (χ4n) is 9.73. The number of aryl methyl sites for hydroxylation is 1. The Morgan fingerprint density at radius 1 is 0.957 bits per heavy atom. The molecule has 5 aromatic rings. The average Bonchev–Trinajstić information content (AvgIpc) is 3.68. The van der Waals surface area contributed by atoms with Gasteiger partial charge in [-0.25, -0.2) is 13.4 Å². The highest BCUT2D eigenvalue weighted by molar-refractivity contribution is 9.10. The monoisotopic (exact) mass is 1020 g/mol. The van der Waals surface area contributed by atoms with E-state index in [-0.39, 0.29) is 18.2 Å². The maximum Gasteiger partial charge on any atom is 0.255 e. The molecule has 0 radical (unpaired) electrons. The lowest BCUT2D eigenvalue weighted by atomic mass is 10.0. The summed E-state index contributed by atoms with van der Waals surface area (Å²) in [5.74, 6) is 7.13. The van der Waals surface area contributed by atoms with Crippen LogP contribution in [-0.4, -0.2) is 139 Å². The van der Waals surface area contributed by atoms with E-state index >= 15 is 0 Å². The van der Waals surface area contributed by atoms with Crippen LogP contribution >= 0.6 is 15.9 Å². The topological polar surface area (TPSA) is 198 Å². The number of carbonyl (C=O) groups excluding carboxylic acids is 3. The Hall–Kier alpha value is -6.40. The molecule has 69 heavy (non-hydrogen) atoms. The van der Waals surface area contributed by atoms with Crippen LogP contribution in [0.25, 0.3) is 11.0 Å². The molecule has 0 spiro atoms. The third-order valence-corrected chi connectivity index (χ3v) is 15.3. The van der Waals surface area contributed by atoms with Crippen molar-refractivity contribution >= 4 is 89.2 Å². The normalized spacial score (nSPS) is 18.2. The van der Waals surface area contributed by atoms with Crippen molar-refractivity contribution in [3.63, 3.8) is 0 Å². The number of benzene rings is 3. The lowest BCUT2D eigenvalue weighted by Gasteiger charge is -2.43. The molecule has 1 atom stereocenters. The second-order valence-corrected chi connectivity index (χ2v) is 20.7. The van der Waals surface area contributed by atoms with Gasteiger partial charge in [0.25, 0.3) is 5.91 Å². The molecule has 4 aliphatic rings. The summed E-state index contributed by atoms with van der Waals surface area (Å²) in [5.41, 5.74) is 6.98. The molecule has 9 rings (SSSR count). The molecule has 0 bridgehead atoms. The van der Waals surface area contributed by atoms with Gasteiger partial charge >= 0.3 is 0 Å². The Labute approximate surface area is 410 Å². The van der Waals surface area contributed by atoms with Crippen LogP contribution in [0.4, 0.5) is 34.5 Å². The minimum atomic E-state index is -3.64. The lowest BCUT2D eigenvalue weighted by Crippen LogP contribution is -2.53. The average molecular weight is 1020 g/mol. The number of imide groups is 1. The largest absolute Gasteiger partial charge is 0.494 e. The van der Waals surface area contributed by atoms with Gasteiger partial charge in [0, 0.05) is 113 Å². The van der Waals surface area contributed by atoms with Gasteiger partial charge in [-0.2, -0.15) is 4.98 Å². The molecule has 3 fully saturated rings. The molecule has 3 N–H and O–H groups in total. The summed E-state index contributed by atoms with van der Waals surface area (Å²) in [4.78, 5) is 64.6. The molecule has 4 aliphatic heterocycles. The fourth-order valence-corrected chi connectivity index (χ4v) is 10.5. The Balaban J connectivity index is 0.758. The van der Waals surface area contributed by atoms with Crippen LogP contribution in [0.5, 0.6) is 5.75 Å². The van der Waals surface area contributed by atoms with Crippen molar-refractivity contribution < 1.29 is 27.5 Å². The van der Waals surface area contributed by atoms with Crippen LogP contribution in [-0.2, 0) is 26.2 Å². The van der Waals surface area contributed by atoms with Crippen molar-refractivity contribution in [2.45, 2.75) is 64.1 Å². The number of piperazine rings is 1. The van der Waals surface area contributed by atoms with Gasteiger partial charge < -0.3 is 30.1 Å². The number of aromatic nitrogens is 4. The number of amides is 3. The zero-order chi connectivity index (χ0) is 48.4. The molecule has 3 amide bonds. The van der Waals surface area contributed by atoms with E-state index in [9.17, 15) is 22.8 Å². The first-order valence-electron chi connectivity index (χ1n) is 23.2. The molecule has 3 saturated heterocycles. The summed E-state index contributed by atoms with van der Waals surface area (Å²) in [6.45, 7) is 9.44. The SMILES string of the molecule is COc1cc(N2CCC(N3CCN(CCCC#Cc4cccc5c4CN(C4CCC(=O)NC4=O)C5=O)CC3)CC2)c(C)cc1Nc1ncc(Br)c(Nc2ccc3nccnc3c2N(C)S(C)(=O)=O)n1. The first-order chi connectivity index (χ1) is 33.2. The third-order valence-electron chi connectivity index (χ3n) is 13.5. The van der Waals surface area contributed by atoms with E-state index in [1.54, 1.807) is 42.6 Å². The molecule has 0 aliphatic carbocycles. The van der Waals surface area contributed by atoms with Crippen LogP contribution in [0.15, 0.2) is 65.5 Å². The number of rotatable bonds is 13. The standard InChI is InChI=1S/C49H55BrN12O6S/c1-31-27-39(55-49-53-29-36(50)46(57-49)54-38-13-12-37-44(52-19-18-51-37)45(38)58(2)69(4,66)67)42(68-3)28-41(31)61-21-16-33(17-22-61)60-25-23-59(24-26-60)20-7-5-6-9-32-10-8-11-34-35(32)30-62(48(34)65)40-14-15-43(63)56-47(40)64/h8,10-13,18-19,27-29,33,40H,5,7,14-17,20-26,30H2,1-4H3,(H,56,63,64)(H2,53,54,55,57). The van der Waals surface area contributed by atoms with Crippen molar-refractivity contribution in [2.75, 3.05) is 86.1 Å². The highest BCUT2D eigenvalue weighted by Crippen LogP contribution is 2.39. The van der Waals surface area contributed by atoms with Crippen LogP contribution in [0, 0.1) is 18.8 Å². The summed E-state index contributed by atoms with van der Waals surface area (Å²) >= 11 is 3.55. The van der Waals surface area contributed by atoms with E-state index in [4.69, 9.17) is 9.72 Å². The quantitative estimate of drug-likeness (QED) is 0.0752. The maximum absolute atomic E-state index is 13.2. The number of methoxy groups -OCH3 is 1. The van der Waals surface area contributed by atoms with E-state index in [2.05, 4.69) is 92.4 Å². The summed E-state index contributed by atoms with van der Waals surface area (Å²) in [6.07, 6.45) is 10.3. The highest BCUT2D eigenvalue weighted by Gasteiger charge is 2.40. The van der Waals surface area contributed by atoms with E-state index in [0.717, 1.165) is 100 Å². The number of fused-ring (bicyclic) bond motifs is 2. The first kappa shape index (κ1) is 47.7. The molecule has 1 unspecified atom stereocenters. The number of hydrogen-bond acceptors (Lipinski definition) is 15. The number of carbonyl (C=O) groups is 3. The molecular formula is C49H55BrN12O6S. The zero-order valence-corrected chi connectivity index (χ0v) is 41.5. The molecule has 3 aromatic carbocycles. The number of nitrogens with one attached hydrogen (secondary N) is 3. The van der Waals surface area contributed by atoms with Crippen molar-refractivity contribution in [3.8, 4) is 17.6 Å². The lowest BCUT2D eigenvalue weighted by molar-refractivity contribution is -0.136. The van der Waals surface area contributed by atoms with Gasteiger partial charge in [-0.15, -0.1) is 0 Å². The highest BCUT2D eigenvalue weighted by atomic mass is 79.9. The number of sulfonamides is 1. The van der Waals surface area contributed by atoms with E-state index in [1.165, 1.54) is 17.5 Å². The number of piperidine rings is 2. The molecule has 0 saturated carbocycles. The number of halogens is 1. The number of ether oxygens (including phenoxy) is 1. The maximum atomic E-state index is 13.2. The van der Waals surface area contributed by atoms with Gasteiger partial charge in [0.2, 0.25) is 27.8 Å². The smallest absolute Gasteiger partial charge is 0.255 e. The Kier molecular flexibility index (Phi) is 14.0. The number of anilines is 6. The Morgan fingerprint density at radius 3 is 2.49 bits per heavy atom. The van der Waals surface area contributed by atoms with Crippen LogP contribution in [0.1, 0.15) is 65.6 Å². The number of nitrogens with zero attached hydrogens (tertiary/aromatic N) is 9. The molecule has 2 aromatic heterocycles. The Bertz CT molecular complexity index is 2980. The van der Waals surface area contributed by atoms with Gasteiger partial charge in [0.1, 0.15) is 28.8 Å². The van der Waals surface area contributed by atoms with Crippen LogP contribution in [0.2, 0.25) is 0 Å². The molecule has 6 heterocycles. The van der Waals surface area contributed by atoms with Crippen molar-refractivity contribution in [2.24, 2.45) is 0 Å². The number of hydrogen-bond donors (Lipinski definition) is 3. The first-order valence-corrected chi connectivity index (χ1v) is 25.8. The second kappa shape index (κ2) is 20.3.